The quantitative estimate of drug-likeness (QED) is 0.810. The minimum atomic E-state index is -1.15. The first-order valence-electron chi connectivity index (χ1n) is 4.91. The number of aliphatic hydroxyl groups is 1. The van der Waals surface area contributed by atoms with E-state index in [0.717, 1.165) is 0 Å². The summed E-state index contributed by atoms with van der Waals surface area (Å²) in [6.07, 6.45) is 0.304. The Morgan fingerprint density at radius 3 is 2.88 bits per heavy atom. The molecule has 0 aromatic carbocycles. The van der Waals surface area contributed by atoms with Crippen LogP contribution in [-0.4, -0.2) is 40.4 Å². The second kappa shape index (κ2) is 4.27. The maximum Gasteiger partial charge on any atom is 0.356 e. The number of pyridine rings is 1. The zero-order chi connectivity index (χ0) is 11.7. The third-order valence-electron chi connectivity index (χ3n) is 2.52. The van der Waals surface area contributed by atoms with Crippen LogP contribution in [0.4, 0.5) is 5.82 Å². The highest BCUT2D eigenvalue weighted by Crippen LogP contribution is 2.22. The highest BCUT2D eigenvalue weighted by Gasteiger charge is 2.22. The molecule has 0 bridgehead atoms. The number of β-amino-alcohol motifs (C(OH)–C–C–N with tert-alkyl or cyclic N) is 1. The van der Waals surface area contributed by atoms with E-state index in [0.29, 0.717) is 25.3 Å². The van der Waals surface area contributed by atoms with Crippen molar-refractivity contribution in [3.63, 3.8) is 0 Å². The first-order valence-corrected chi connectivity index (χ1v) is 5.28. The largest absolute Gasteiger partial charge is 0.476 e. The van der Waals surface area contributed by atoms with Crippen molar-refractivity contribution in [1.29, 1.82) is 0 Å². The van der Waals surface area contributed by atoms with Gasteiger partial charge in [-0.3, -0.25) is 0 Å². The Hall–Kier alpha value is -1.33. The van der Waals surface area contributed by atoms with Gasteiger partial charge in [0.25, 0.3) is 0 Å². The Kier molecular flexibility index (Phi) is 2.98. The van der Waals surface area contributed by atoms with Gasteiger partial charge >= 0.3 is 5.97 Å². The zero-order valence-electron chi connectivity index (χ0n) is 8.43. The molecule has 16 heavy (non-hydrogen) atoms. The van der Waals surface area contributed by atoms with Crippen molar-refractivity contribution in [3.8, 4) is 0 Å². The first-order chi connectivity index (χ1) is 7.58. The van der Waals surface area contributed by atoms with Crippen molar-refractivity contribution in [1.82, 2.24) is 4.98 Å². The molecule has 1 unspecified atom stereocenters. The number of hydrogen-bond donors (Lipinski definition) is 2. The lowest BCUT2D eigenvalue weighted by molar-refractivity contribution is 0.0691. The SMILES string of the molecule is O=C(O)c1nc(N2CCC(O)C2)ccc1Cl. The highest BCUT2D eigenvalue weighted by molar-refractivity contribution is 6.33. The Labute approximate surface area is 97.3 Å². The van der Waals surface area contributed by atoms with Gasteiger partial charge in [0.05, 0.1) is 11.1 Å². The third kappa shape index (κ3) is 2.10. The van der Waals surface area contributed by atoms with Crippen molar-refractivity contribution in [2.45, 2.75) is 12.5 Å². The number of rotatable bonds is 2. The number of carbonyl (C=O) groups is 1. The van der Waals surface area contributed by atoms with Crippen LogP contribution < -0.4 is 4.90 Å². The van der Waals surface area contributed by atoms with Crippen LogP contribution in [-0.2, 0) is 0 Å². The number of anilines is 1. The topological polar surface area (TPSA) is 73.7 Å². The van der Waals surface area contributed by atoms with Gasteiger partial charge in [0.15, 0.2) is 5.69 Å². The van der Waals surface area contributed by atoms with Crippen molar-refractivity contribution < 1.29 is 15.0 Å². The summed E-state index contributed by atoms with van der Waals surface area (Å²) in [4.78, 5) is 16.7. The van der Waals surface area contributed by atoms with E-state index in [4.69, 9.17) is 16.7 Å². The molecule has 1 fully saturated rings. The lowest BCUT2D eigenvalue weighted by atomic mass is 10.3. The van der Waals surface area contributed by atoms with Gasteiger partial charge in [-0.15, -0.1) is 0 Å². The molecular weight excluding hydrogens is 232 g/mol. The second-order valence-electron chi connectivity index (χ2n) is 3.69. The molecule has 0 radical (unpaired) electrons. The van der Waals surface area contributed by atoms with Crippen LogP contribution in [0.2, 0.25) is 5.02 Å². The molecule has 0 aliphatic carbocycles. The van der Waals surface area contributed by atoms with Crippen LogP contribution in [0.25, 0.3) is 0 Å². The number of nitrogens with zero attached hydrogens (tertiary/aromatic N) is 2. The van der Waals surface area contributed by atoms with Gasteiger partial charge < -0.3 is 15.1 Å². The van der Waals surface area contributed by atoms with E-state index in [1.54, 1.807) is 6.07 Å². The Bertz CT molecular complexity index is 425. The zero-order valence-corrected chi connectivity index (χ0v) is 9.18. The van der Waals surface area contributed by atoms with Crippen LogP contribution in [0.3, 0.4) is 0 Å². The molecule has 86 valence electrons. The van der Waals surface area contributed by atoms with Crippen LogP contribution in [0.15, 0.2) is 12.1 Å². The van der Waals surface area contributed by atoms with Crippen LogP contribution in [0.1, 0.15) is 16.9 Å². The Balaban J connectivity index is 2.29. The summed E-state index contributed by atoms with van der Waals surface area (Å²) in [6.45, 7) is 1.16. The predicted molar refractivity (Wildman–Crippen MR) is 59.0 cm³/mol. The molecule has 0 spiro atoms. The normalized spacial score (nSPS) is 20.1. The minimum Gasteiger partial charge on any atom is -0.476 e. The van der Waals surface area contributed by atoms with Crippen LogP contribution >= 0.6 is 11.6 Å². The van der Waals surface area contributed by atoms with E-state index in [9.17, 15) is 9.90 Å². The molecule has 2 N–H and O–H groups in total. The van der Waals surface area contributed by atoms with Crippen molar-refractivity contribution in [3.05, 3.63) is 22.8 Å². The van der Waals surface area contributed by atoms with Gasteiger partial charge in [-0.25, -0.2) is 9.78 Å². The average Bonchev–Trinajstić information content (AvgIpc) is 2.65. The maximum atomic E-state index is 10.8. The van der Waals surface area contributed by atoms with Gasteiger partial charge in [0.2, 0.25) is 0 Å². The fourth-order valence-electron chi connectivity index (χ4n) is 1.71. The second-order valence-corrected chi connectivity index (χ2v) is 4.10. The summed E-state index contributed by atoms with van der Waals surface area (Å²) in [5.41, 5.74) is -0.152. The minimum absolute atomic E-state index is 0.121. The number of aromatic carboxylic acids is 1. The van der Waals surface area contributed by atoms with Crippen molar-refractivity contribution in [2.24, 2.45) is 0 Å². The number of hydrogen-bond acceptors (Lipinski definition) is 4. The van der Waals surface area contributed by atoms with Gasteiger partial charge in [0, 0.05) is 13.1 Å². The third-order valence-corrected chi connectivity index (χ3v) is 2.83. The number of carboxylic acid groups (broad SMARTS) is 1. The Morgan fingerprint density at radius 1 is 1.56 bits per heavy atom. The summed E-state index contributed by atoms with van der Waals surface area (Å²) < 4.78 is 0. The predicted octanol–water partition coefficient (Wildman–Crippen LogP) is 1.00. The van der Waals surface area contributed by atoms with E-state index >= 15 is 0 Å². The van der Waals surface area contributed by atoms with Crippen LogP contribution in [0, 0.1) is 0 Å². The lowest BCUT2D eigenvalue weighted by Gasteiger charge is -2.16. The van der Waals surface area contributed by atoms with Crippen molar-refractivity contribution in [2.75, 3.05) is 18.0 Å². The van der Waals surface area contributed by atoms with Crippen molar-refractivity contribution >= 4 is 23.4 Å². The number of aromatic nitrogens is 1. The maximum absolute atomic E-state index is 10.8. The summed E-state index contributed by atoms with van der Waals surface area (Å²) >= 11 is 5.72. The smallest absolute Gasteiger partial charge is 0.356 e. The van der Waals surface area contributed by atoms with Gasteiger partial charge in [0.1, 0.15) is 5.82 Å². The lowest BCUT2D eigenvalue weighted by Crippen LogP contribution is -2.22. The average molecular weight is 243 g/mol. The van der Waals surface area contributed by atoms with Gasteiger partial charge in [-0.1, -0.05) is 11.6 Å². The van der Waals surface area contributed by atoms with E-state index in [2.05, 4.69) is 4.98 Å². The standard InChI is InChI=1S/C10H11ClN2O3/c11-7-1-2-8(12-9(7)10(15)16)13-4-3-6(14)5-13/h1-2,6,14H,3-5H2,(H,15,16). The van der Waals surface area contributed by atoms with Gasteiger partial charge in [-0.05, 0) is 18.6 Å². The summed E-state index contributed by atoms with van der Waals surface area (Å²) in [6, 6.07) is 3.17. The highest BCUT2D eigenvalue weighted by atomic mass is 35.5. The van der Waals surface area contributed by atoms with E-state index in [1.807, 2.05) is 4.90 Å². The molecule has 2 heterocycles. The Morgan fingerprint density at radius 2 is 2.31 bits per heavy atom. The molecule has 1 aromatic heterocycles. The number of carboxylic acids is 1. The summed E-state index contributed by atoms with van der Waals surface area (Å²) in [7, 11) is 0. The molecule has 0 amide bonds. The summed E-state index contributed by atoms with van der Waals surface area (Å²) in [5.74, 6) is -0.607. The van der Waals surface area contributed by atoms with Crippen LogP contribution in [0.5, 0.6) is 0 Å². The fraction of sp³-hybridized carbons (Fsp3) is 0.400. The van der Waals surface area contributed by atoms with E-state index < -0.39 is 5.97 Å². The molecule has 1 aromatic rings. The molecule has 2 rings (SSSR count). The van der Waals surface area contributed by atoms with Gasteiger partial charge in [-0.2, -0.15) is 0 Å². The molecule has 5 nitrogen and oxygen atoms in total. The molecular formula is C10H11ClN2O3. The molecule has 1 saturated heterocycles. The summed E-state index contributed by atoms with van der Waals surface area (Å²) in [5, 5.41) is 18.4. The number of halogens is 1. The molecule has 6 heteroatoms. The fourth-order valence-corrected chi connectivity index (χ4v) is 1.89. The molecule has 1 atom stereocenters. The molecule has 0 saturated carbocycles. The number of aliphatic hydroxyl groups excluding tert-OH is 1. The molecule has 1 aliphatic heterocycles. The van der Waals surface area contributed by atoms with E-state index in [-0.39, 0.29) is 16.8 Å². The van der Waals surface area contributed by atoms with E-state index in [1.165, 1.54) is 6.07 Å². The first kappa shape index (κ1) is 11.2. The monoisotopic (exact) mass is 242 g/mol. The molecule has 1 aliphatic rings.